The molecule has 3 rings (SSSR count). The summed E-state index contributed by atoms with van der Waals surface area (Å²) in [6.45, 7) is 5.87. The van der Waals surface area contributed by atoms with Crippen LogP contribution in [0.15, 0.2) is 48.7 Å². The Balaban J connectivity index is 1.83. The van der Waals surface area contributed by atoms with Gasteiger partial charge < -0.3 is 10.6 Å². The Hall–Kier alpha value is -2.92. The third-order valence-corrected chi connectivity index (χ3v) is 4.25. The zero-order valence-corrected chi connectivity index (χ0v) is 15.6. The van der Waals surface area contributed by atoms with E-state index in [1.165, 1.54) is 0 Å². The first-order chi connectivity index (χ1) is 12.4. The second-order valence-corrected chi connectivity index (χ2v) is 6.51. The average molecular weight is 367 g/mol. The van der Waals surface area contributed by atoms with Crippen LogP contribution in [-0.2, 0) is 0 Å². The van der Waals surface area contributed by atoms with E-state index in [0.717, 1.165) is 28.1 Å². The molecule has 3 aromatic rings. The highest BCUT2D eigenvalue weighted by atomic mass is 35.5. The van der Waals surface area contributed by atoms with Crippen LogP contribution in [0, 0.1) is 20.8 Å². The van der Waals surface area contributed by atoms with Gasteiger partial charge in [-0.2, -0.15) is 0 Å². The lowest BCUT2D eigenvalue weighted by molar-refractivity contribution is 0.102. The Bertz CT molecular complexity index is 949. The minimum atomic E-state index is -0.295. The Morgan fingerprint density at radius 3 is 2.54 bits per heavy atom. The molecule has 0 bridgehead atoms. The van der Waals surface area contributed by atoms with Gasteiger partial charge in [-0.1, -0.05) is 35.9 Å². The first-order valence-corrected chi connectivity index (χ1v) is 8.55. The number of aromatic nitrogens is 2. The summed E-state index contributed by atoms with van der Waals surface area (Å²) < 4.78 is 0. The number of benzene rings is 2. The van der Waals surface area contributed by atoms with Crippen molar-refractivity contribution in [1.82, 2.24) is 9.97 Å². The number of halogens is 1. The minimum absolute atomic E-state index is 0.270. The third-order valence-electron chi connectivity index (χ3n) is 3.95. The van der Waals surface area contributed by atoms with Gasteiger partial charge in [0.2, 0.25) is 5.95 Å². The molecule has 1 amide bonds. The fourth-order valence-corrected chi connectivity index (χ4v) is 3.00. The first-order valence-electron chi connectivity index (χ1n) is 8.18. The predicted octanol–water partition coefficient (Wildman–Crippen LogP) is 5.05. The topological polar surface area (TPSA) is 66.9 Å². The van der Waals surface area contributed by atoms with Crippen molar-refractivity contribution in [3.8, 4) is 0 Å². The fraction of sp³-hybridized carbons (Fsp3) is 0.150. The van der Waals surface area contributed by atoms with Gasteiger partial charge >= 0.3 is 0 Å². The number of anilines is 3. The van der Waals surface area contributed by atoms with Gasteiger partial charge in [0.05, 0.1) is 10.7 Å². The summed E-state index contributed by atoms with van der Waals surface area (Å²) in [4.78, 5) is 21.0. The number of hydrogen-bond donors (Lipinski definition) is 2. The number of hydrogen-bond acceptors (Lipinski definition) is 4. The van der Waals surface area contributed by atoms with Gasteiger partial charge in [-0.3, -0.25) is 4.79 Å². The quantitative estimate of drug-likeness (QED) is 0.678. The lowest BCUT2D eigenvalue weighted by atomic mass is 10.1. The number of carbonyl (C=O) groups excluding carboxylic acids is 1. The molecule has 0 unspecified atom stereocenters. The molecule has 1 heterocycles. The van der Waals surface area contributed by atoms with E-state index >= 15 is 0 Å². The molecule has 0 fully saturated rings. The van der Waals surface area contributed by atoms with Crippen molar-refractivity contribution in [2.75, 3.05) is 10.6 Å². The maximum atomic E-state index is 12.5. The zero-order valence-electron chi connectivity index (χ0n) is 14.8. The summed E-state index contributed by atoms with van der Waals surface area (Å²) in [6.07, 6.45) is 1.54. The predicted molar refractivity (Wildman–Crippen MR) is 105 cm³/mol. The van der Waals surface area contributed by atoms with Crippen molar-refractivity contribution in [3.63, 3.8) is 0 Å². The molecule has 0 aliphatic heterocycles. The van der Waals surface area contributed by atoms with E-state index in [1.54, 1.807) is 12.3 Å². The lowest BCUT2D eigenvalue weighted by Gasteiger charge is -2.12. The molecule has 132 valence electrons. The van der Waals surface area contributed by atoms with E-state index in [9.17, 15) is 4.79 Å². The van der Waals surface area contributed by atoms with Crippen LogP contribution < -0.4 is 10.6 Å². The van der Waals surface area contributed by atoms with E-state index in [2.05, 4.69) is 20.6 Å². The SMILES string of the molecule is Cc1cc(C)c(Nc2nccc(C(=O)Nc3ccccc3C)n2)c(Cl)c1. The van der Waals surface area contributed by atoms with E-state index in [1.807, 2.05) is 57.2 Å². The molecule has 0 saturated heterocycles. The number of aryl methyl sites for hydroxylation is 3. The smallest absolute Gasteiger partial charge is 0.274 e. The number of para-hydroxylation sites is 1. The number of amides is 1. The highest BCUT2D eigenvalue weighted by Crippen LogP contribution is 2.29. The highest BCUT2D eigenvalue weighted by molar-refractivity contribution is 6.33. The summed E-state index contributed by atoms with van der Waals surface area (Å²) in [5.41, 5.74) is 4.79. The summed E-state index contributed by atoms with van der Waals surface area (Å²) in [5, 5.41) is 6.55. The van der Waals surface area contributed by atoms with Crippen LogP contribution in [0.5, 0.6) is 0 Å². The van der Waals surface area contributed by atoms with Gasteiger partial charge in [0.1, 0.15) is 5.69 Å². The molecule has 0 aliphatic rings. The molecule has 2 aromatic carbocycles. The van der Waals surface area contributed by atoms with Crippen molar-refractivity contribution in [1.29, 1.82) is 0 Å². The minimum Gasteiger partial charge on any atom is -0.323 e. The first kappa shape index (κ1) is 17.9. The molecule has 0 radical (unpaired) electrons. The van der Waals surface area contributed by atoms with Crippen molar-refractivity contribution >= 4 is 34.8 Å². The molecule has 26 heavy (non-hydrogen) atoms. The van der Waals surface area contributed by atoms with Crippen LogP contribution in [0.25, 0.3) is 0 Å². The van der Waals surface area contributed by atoms with Crippen molar-refractivity contribution < 1.29 is 4.79 Å². The molecule has 5 nitrogen and oxygen atoms in total. The molecule has 0 spiro atoms. The van der Waals surface area contributed by atoms with Crippen LogP contribution in [0.1, 0.15) is 27.2 Å². The molecule has 0 saturated carbocycles. The van der Waals surface area contributed by atoms with Crippen LogP contribution in [0.2, 0.25) is 5.02 Å². The summed E-state index contributed by atoms with van der Waals surface area (Å²) in [5.74, 6) is 0.0211. The molecular formula is C20H19ClN4O. The largest absolute Gasteiger partial charge is 0.323 e. The Morgan fingerprint density at radius 2 is 1.81 bits per heavy atom. The monoisotopic (exact) mass is 366 g/mol. The fourth-order valence-electron chi connectivity index (χ4n) is 2.63. The van der Waals surface area contributed by atoms with Gasteiger partial charge in [0.25, 0.3) is 5.91 Å². The Morgan fingerprint density at radius 1 is 1.04 bits per heavy atom. The van der Waals surface area contributed by atoms with Gasteiger partial charge in [-0.15, -0.1) is 0 Å². The molecule has 2 N–H and O–H groups in total. The second-order valence-electron chi connectivity index (χ2n) is 6.10. The summed E-state index contributed by atoms with van der Waals surface area (Å²) >= 11 is 6.31. The van der Waals surface area contributed by atoms with Gasteiger partial charge in [0, 0.05) is 11.9 Å². The third kappa shape index (κ3) is 4.00. The van der Waals surface area contributed by atoms with Gasteiger partial charge in [0.15, 0.2) is 0 Å². The lowest BCUT2D eigenvalue weighted by Crippen LogP contribution is -2.15. The summed E-state index contributed by atoms with van der Waals surface area (Å²) in [6, 6.07) is 13.0. The standard InChI is InChI=1S/C20H19ClN4O/c1-12-10-14(3)18(15(21)11-12)25-20-22-9-8-17(24-20)19(26)23-16-7-5-4-6-13(16)2/h4-11H,1-3H3,(H,23,26)(H,22,24,25). The molecule has 0 atom stereocenters. The van der Waals surface area contributed by atoms with Crippen LogP contribution in [-0.4, -0.2) is 15.9 Å². The van der Waals surface area contributed by atoms with Crippen LogP contribution >= 0.6 is 11.6 Å². The van der Waals surface area contributed by atoms with E-state index in [4.69, 9.17) is 11.6 Å². The van der Waals surface area contributed by atoms with E-state index < -0.39 is 0 Å². The molecule has 1 aromatic heterocycles. The maximum absolute atomic E-state index is 12.5. The van der Waals surface area contributed by atoms with Crippen molar-refractivity contribution in [2.24, 2.45) is 0 Å². The maximum Gasteiger partial charge on any atom is 0.274 e. The number of nitrogens with zero attached hydrogens (tertiary/aromatic N) is 2. The van der Waals surface area contributed by atoms with Crippen LogP contribution in [0.4, 0.5) is 17.3 Å². The normalized spacial score (nSPS) is 10.5. The molecule has 6 heteroatoms. The van der Waals surface area contributed by atoms with Crippen molar-refractivity contribution in [2.45, 2.75) is 20.8 Å². The second kappa shape index (κ2) is 7.54. The molecular weight excluding hydrogens is 348 g/mol. The number of nitrogens with one attached hydrogen (secondary N) is 2. The highest BCUT2D eigenvalue weighted by Gasteiger charge is 2.12. The molecule has 0 aliphatic carbocycles. The number of carbonyl (C=O) groups is 1. The van der Waals surface area contributed by atoms with Crippen molar-refractivity contribution in [3.05, 3.63) is 76.1 Å². The number of rotatable bonds is 4. The van der Waals surface area contributed by atoms with E-state index in [-0.39, 0.29) is 11.6 Å². The van der Waals surface area contributed by atoms with Gasteiger partial charge in [-0.25, -0.2) is 9.97 Å². The zero-order chi connectivity index (χ0) is 18.7. The Kier molecular flexibility index (Phi) is 5.19. The average Bonchev–Trinajstić information content (AvgIpc) is 2.60. The van der Waals surface area contributed by atoms with Gasteiger partial charge in [-0.05, 0) is 55.7 Å². The van der Waals surface area contributed by atoms with Crippen LogP contribution in [0.3, 0.4) is 0 Å². The van der Waals surface area contributed by atoms with E-state index in [0.29, 0.717) is 11.0 Å². The summed E-state index contributed by atoms with van der Waals surface area (Å²) in [7, 11) is 0. The Labute approximate surface area is 157 Å².